The van der Waals surface area contributed by atoms with E-state index in [1.807, 2.05) is 12.3 Å². The van der Waals surface area contributed by atoms with E-state index >= 15 is 0 Å². The normalized spacial score (nSPS) is 18.2. The molecule has 1 aromatic heterocycles. The molecule has 0 spiro atoms. The van der Waals surface area contributed by atoms with Crippen LogP contribution in [0.3, 0.4) is 0 Å². The Labute approximate surface area is 125 Å². The zero-order valence-electron chi connectivity index (χ0n) is 11.7. The molecule has 3 rings (SSSR count). The third-order valence-electron chi connectivity index (χ3n) is 4.44. The average Bonchev–Trinajstić information content (AvgIpc) is 2.54. The zero-order valence-corrected chi connectivity index (χ0v) is 12.5. The highest BCUT2D eigenvalue weighted by Gasteiger charge is 2.30. The average molecular weight is 289 g/mol. The van der Waals surface area contributed by atoms with E-state index in [2.05, 4.69) is 34.6 Å². The van der Waals surface area contributed by atoms with Gasteiger partial charge in [0.2, 0.25) is 0 Å². The van der Waals surface area contributed by atoms with Gasteiger partial charge in [0, 0.05) is 29.5 Å². The van der Waals surface area contributed by atoms with Gasteiger partial charge in [-0.2, -0.15) is 0 Å². The summed E-state index contributed by atoms with van der Waals surface area (Å²) in [6, 6.07) is 10.5. The van der Waals surface area contributed by atoms with Crippen LogP contribution in [0.25, 0.3) is 10.9 Å². The maximum absolute atomic E-state index is 6.24. The predicted octanol–water partition coefficient (Wildman–Crippen LogP) is 4.27. The number of benzene rings is 1. The van der Waals surface area contributed by atoms with Crippen molar-refractivity contribution < 1.29 is 0 Å². The third-order valence-corrected chi connectivity index (χ3v) is 4.95. The molecule has 1 aliphatic carbocycles. The Morgan fingerprint density at radius 1 is 1.10 bits per heavy atom. The molecule has 3 heteroatoms. The van der Waals surface area contributed by atoms with Gasteiger partial charge >= 0.3 is 0 Å². The molecule has 0 radical (unpaired) electrons. The quantitative estimate of drug-likeness (QED) is 0.850. The van der Waals surface area contributed by atoms with E-state index in [0.717, 1.165) is 12.1 Å². The lowest BCUT2D eigenvalue weighted by Crippen LogP contribution is -2.48. The summed E-state index contributed by atoms with van der Waals surface area (Å²) < 4.78 is 0. The molecule has 1 saturated carbocycles. The number of para-hydroxylation sites is 1. The smallest absolute Gasteiger partial charge is 0.0746 e. The summed E-state index contributed by atoms with van der Waals surface area (Å²) in [5.41, 5.74) is 2.48. The van der Waals surface area contributed by atoms with Gasteiger partial charge in [-0.25, -0.2) is 0 Å². The molecule has 1 aliphatic rings. The summed E-state index contributed by atoms with van der Waals surface area (Å²) in [6.45, 7) is 0.848. The van der Waals surface area contributed by atoms with Gasteiger partial charge in [-0.05, 0) is 24.5 Å². The lowest BCUT2D eigenvalue weighted by molar-refractivity contribution is 0.257. The summed E-state index contributed by atoms with van der Waals surface area (Å²) in [7, 11) is 0. The molecule has 0 atom stereocenters. The highest BCUT2D eigenvalue weighted by Crippen LogP contribution is 2.30. The Bertz CT molecular complexity index is 571. The van der Waals surface area contributed by atoms with Crippen molar-refractivity contribution in [3.05, 3.63) is 42.1 Å². The van der Waals surface area contributed by atoms with Crippen LogP contribution in [-0.4, -0.2) is 16.4 Å². The van der Waals surface area contributed by atoms with Crippen molar-refractivity contribution in [2.45, 2.75) is 44.2 Å². The molecule has 1 aromatic carbocycles. The Morgan fingerprint density at radius 2 is 1.90 bits per heavy atom. The second-order valence-corrected chi connectivity index (χ2v) is 6.09. The second kappa shape index (κ2) is 6.11. The summed E-state index contributed by atoms with van der Waals surface area (Å²) in [6.07, 6.45) is 8.16. The van der Waals surface area contributed by atoms with Crippen molar-refractivity contribution >= 4 is 22.5 Å². The number of nitrogens with one attached hydrogen (secondary N) is 1. The van der Waals surface area contributed by atoms with E-state index in [9.17, 15) is 0 Å². The molecule has 2 nitrogen and oxygen atoms in total. The Balaban J connectivity index is 1.79. The fourth-order valence-electron chi connectivity index (χ4n) is 3.18. The van der Waals surface area contributed by atoms with Crippen LogP contribution < -0.4 is 5.32 Å². The number of alkyl halides is 1. The Morgan fingerprint density at radius 3 is 2.70 bits per heavy atom. The SMILES string of the molecule is ClCC1(NCc2cccc3cccnc23)CCCCC1. The van der Waals surface area contributed by atoms with Crippen molar-refractivity contribution in [1.29, 1.82) is 0 Å². The summed E-state index contributed by atoms with van der Waals surface area (Å²) in [5.74, 6) is 0.700. The number of fused-ring (bicyclic) bond motifs is 1. The van der Waals surface area contributed by atoms with E-state index < -0.39 is 0 Å². The molecular weight excluding hydrogens is 268 g/mol. The number of aromatic nitrogens is 1. The first-order chi connectivity index (χ1) is 9.83. The fourth-order valence-corrected chi connectivity index (χ4v) is 3.54. The number of nitrogens with zero attached hydrogens (tertiary/aromatic N) is 1. The lowest BCUT2D eigenvalue weighted by Gasteiger charge is -2.36. The van der Waals surface area contributed by atoms with Gasteiger partial charge in [-0.3, -0.25) is 4.98 Å². The number of pyridine rings is 1. The maximum atomic E-state index is 6.24. The van der Waals surface area contributed by atoms with Crippen molar-refractivity contribution in [1.82, 2.24) is 10.3 Å². The molecular formula is C17H21ClN2. The molecule has 0 aliphatic heterocycles. The van der Waals surface area contributed by atoms with Gasteiger partial charge < -0.3 is 5.32 Å². The van der Waals surface area contributed by atoms with Gasteiger partial charge in [0.25, 0.3) is 0 Å². The molecule has 0 unspecified atom stereocenters. The van der Waals surface area contributed by atoms with Gasteiger partial charge in [-0.15, -0.1) is 11.6 Å². The van der Waals surface area contributed by atoms with E-state index in [1.54, 1.807) is 0 Å². The van der Waals surface area contributed by atoms with E-state index in [0.29, 0.717) is 5.88 Å². The highest BCUT2D eigenvalue weighted by molar-refractivity contribution is 6.18. The monoisotopic (exact) mass is 288 g/mol. The largest absolute Gasteiger partial charge is 0.306 e. The van der Waals surface area contributed by atoms with Crippen LogP contribution in [0.15, 0.2) is 36.5 Å². The fraction of sp³-hybridized carbons (Fsp3) is 0.471. The van der Waals surface area contributed by atoms with Crippen LogP contribution in [0.2, 0.25) is 0 Å². The molecule has 1 heterocycles. The minimum absolute atomic E-state index is 0.122. The number of hydrogen-bond acceptors (Lipinski definition) is 2. The van der Waals surface area contributed by atoms with Gasteiger partial charge in [-0.1, -0.05) is 43.5 Å². The van der Waals surface area contributed by atoms with Crippen LogP contribution in [0, 0.1) is 0 Å². The molecule has 1 N–H and O–H groups in total. The second-order valence-electron chi connectivity index (χ2n) is 5.82. The Kier molecular flexibility index (Phi) is 4.23. The van der Waals surface area contributed by atoms with Crippen molar-refractivity contribution in [3.8, 4) is 0 Å². The van der Waals surface area contributed by atoms with Crippen LogP contribution >= 0.6 is 11.6 Å². The van der Waals surface area contributed by atoms with Gasteiger partial charge in [0.05, 0.1) is 5.52 Å². The van der Waals surface area contributed by atoms with Crippen molar-refractivity contribution in [2.24, 2.45) is 0 Å². The zero-order chi connectivity index (χ0) is 13.8. The van der Waals surface area contributed by atoms with E-state index in [-0.39, 0.29) is 5.54 Å². The van der Waals surface area contributed by atoms with Crippen LogP contribution in [0.5, 0.6) is 0 Å². The standard InChI is InChI=1S/C17H21ClN2/c18-13-17(9-2-1-3-10-17)20-12-15-7-4-6-14-8-5-11-19-16(14)15/h4-8,11,20H,1-3,9-10,12-13H2. The minimum Gasteiger partial charge on any atom is -0.306 e. The number of rotatable bonds is 4. The first kappa shape index (κ1) is 13.8. The third kappa shape index (κ3) is 2.82. The topological polar surface area (TPSA) is 24.9 Å². The number of halogens is 1. The molecule has 20 heavy (non-hydrogen) atoms. The molecule has 2 aromatic rings. The van der Waals surface area contributed by atoms with Crippen LogP contribution in [0.1, 0.15) is 37.7 Å². The van der Waals surface area contributed by atoms with Crippen LogP contribution in [0.4, 0.5) is 0 Å². The van der Waals surface area contributed by atoms with Gasteiger partial charge in [0.1, 0.15) is 0 Å². The lowest BCUT2D eigenvalue weighted by atomic mass is 9.83. The minimum atomic E-state index is 0.122. The van der Waals surface area contributed by atoms with E-state index in [1.165, 1.54) is 43.1 Å². The van der Waals surface area contributed by atoms with Crippen LogP contribution in [-0.2, 0) is 6.54 Å². The van der Waals surface area contributed by atoms with Crippen molar-refractivity contribution in [3.63, 3.8) is 0 Å². The maximum Gasteiger partial charge on any atom is 0.0746 e. The molecule has 0 bridgehead atoms. The predicted molar refractivity (Wildman–Crippen MR) is 85.1 cm³/mol. The summed E-state index contributed by atoms with van der Waals surface area (Å²) in [5, 5.41) is 4.93. The van der Waals surface area contributed by atoms with Crippen molar-refractivity contribution in [2.75, 3.05) is 5.88 Å². The van der Waals surface area contributed by atoms with Gasteiger partial charge in [0.15, 0.2) is 0 Å². The molecule has 106 valence electrons. The summed E-state index contributed by atoms with van der Waals surface area (Å²) >= 11 is 6.24. The first-order valence-electron chi connectivity index (χ1n) is 7.47. The summed E-state index contributed by atoms with van der Waals surface area (Å²) in [4.78, 5) is 4.52. The first-order valence-corrected chi connectivity index (χ1v) is 8.00. The molecule has 0 amide bonds. The number of hydrogen-bond donors (Lipinski definition) is 1. The molecule has 1 fully saturated rings. The van der Waals surface area contributed by atoms with E-state index in [4.69, 9.17) is 11.6 Å². The Hall–Kier alpha value is -1.12. The highest BCUT2D eigenvalue weighted by atomic mass is 35.5. The molecule has 0 saturated heterocycles.